The van der Waals surface area contributed by atoms with Gasteiger partial charge in [-0.15, -0.1) is 0 Å². The van der Waals surface area contributed by atoms with Gasteiger partial charge in [-0.1, -0.05) is 0 Å². The van der Waals surface area contributed by atoms with Crippen molar-refractivity contribution in [1.82, 2.24) is 0 Å². The number of halogens is 2. The van der Waals surface area contributed by atoms with Crippen LogP contribution in [0, 0.1) is 0 Å². The second-order valence-electron chi connectivity index (χ2n) is 7.82. The molecule has 0 fully saturated rings. The van der Waals surface area contributed by atoms with Crippen molar-refractivity contribution in [1.29, 1.82) is 0 Å². The lowest BCUT2D eigenvalue weighted by Crippen LogP contribution is -3.00. The molecule has 0 aliphatic heterocycles. The smallest absolute Gasteiger partial charge is 0.488 e. The first-order valence-corrected chi connectivity index (χ1v) is 11.3. The van der Waals surface area contributed by atoms with Gasteiger partial charge in [0.1, 0.15) is 0 Å². The quantitative estimate of drug-likeness (QED) is 0.211. The summed E-state index contributed by atoms with van der Waals surface area (Å²) in [6.07, 6.45) is 1.15. The topological polar surface area (TPSA) is 90.2 Å². The minimum atomic E-state index is -3.99. The zero-order valence-corrected chi connectivity index (χ0v) is 18.6. The molecule has 0 radical (unpaired) electrons. The van der Waals surface area contributed by atoms with E-state index in [2.05, 4.69) is 0 Å². The average Bonchev–Trinajstić information content (AvgIpc) is 2.09. The third-order valence-electron chi connectivity index (χ3n) is 2.99. The van der Waals surface area contributed by atoms with Crippen molar-refractivity contribution < 1.29 is 57.1 Å². The van der Waals surface area contributed by atoms with E-state index in [-0.39, 0.29) is 36.9 Å². The van der Waals surface area contributed by atoms with E-state index in [0.717, 1.165) is 22.1 Å². The minimum Gasteiger partial charge on any atom is -1.00 e. The first-order valence-electron chi connectivity index (χ1n) is 7.33. The Balaban J connectivity index is -0.00000200. The average molecular weight is 413 g/mol. The van der Waals surface area contributed by atoms with Gasteiger partial charge in [-0.3, -0.25) is 0 Å². The number of hydrogen-bond donors (Lipinski definition) is 4. The lowest BCUT2D eigenvalue weighted by atomic mass is 10.4. The molecule has 0 heterocycles. The van der Waals surface area contributed by atoms with Crippen molar-refractivity contribution >= 4 is 17.6 Å². The molecule has 11 heteroatoms. The van der Waals surface area contributed by atoms with Gasteiger partial charge in [0.15, 0.2) is 0 Å². The molecule has 0 aliphatic rings. The molecule has 0 bridgehead atoms. The monoisotopic (exact) mass is 412 g/mol. The summed E-state index contributed by atoms with van der Waals surface area (Å²) in [7, 11) is 4.11. The van der Waals surface area contributed by atoms with Gasteiger partial charge in [-0.05, 0) is 0 Å². The van der Waals surface area contributed by atoms with Gasteiger partial charge in [0, 0.05) is 24.9 Å². The lowest BCUT2D eigenvalue weighted by Gasteiger charge is -2.29. The third kappa shape index (κ3) is 18.9. The van der Waals surface area contributed by atoms with Crippen molar-refractivity contribution in [2.24, 2.45) is 0 Å². The van der Waals surface area contributed by atoms with Crippen molar-refractivity contribution in [3.8, 4) is 0 Å². The summed E-state index contributed by atoms with van der Waals surface area (Å²) in [6, 6.07) is 0.182. The molecule has 0 aliphatic carbocycles. The highest BCUT2D eigenvalue weighted by molar-refractivity contribution is 6.72. The molecule has 0 saturated heterocycles. The molecule has 0 saturated carbocycles. The van der Waals surface area contributed by atoms with Crippen LogP contribution in [0.3, 0.4) is 0 Å². The summed E-state index contributed by atoms with van der Waals surface area (Å²) in [5.74, 6) is 0. The summed E-state index contributed by atoms with van der Waals surface area (Å²) >= 11 is 0. The lowest BCUT2D eigenvalue weighted by molar-refractivity contribution is -0.870. The molecule has 0 aromatic heterocycles. The second kappa shape index (κ2) is 10.7. The second-order valence-corrected chi connectivity index (χ2v) is 12.6. The first kappa shape index (κ1) is 28.5. The molecule has 0 aromatic carbocycles. The molecular formula is C12H34Cl2N2O5Si2. The Morgan fingerprint density at radius 2 is 0.913 bits per heavy atom. The van der Waals surface area contributed by atoms with Crippen LogP contribution in [0.5, 0.6) is 0 Å². The van der Waals surface area contributed by atoms with Crippen molar-refractivity contribution in [3.63, 3.8) is 0 Å². The van der Waals surface area contributed by atoms with Crippen LogP contribution in [0.4, 0.5) is 0 Å². The van der Waals surface area contributed by atoms with Crippen LogP contribution in [0.15, 0.2) is 0 Å². The normalized spacial score (nSPS) is 13.3. The van der Waals surface area contributed by atoms with Crippen LogP contribution in [0.1, 0.15) is 12.8 Å². The van der Waals surface area contributed by atoms with E-state index >= 15 is 0 Å². The van der Waals surface area contributed by atoms with Gasteiger partial charge >= 0.3 is 17.6 Å². The van der Waals surface area contributed by atoms with Gasteiger partial charge in [0.05, 0.1) is 55.4 Å². The summed E-state index contributed by atoms with van der Waals surface area (Å²) in [5.41, 5.74) is 0. The molecule has 4 N–H and O–H groups in total. The number of hydrogen-bond acceptors (Lipinski definition) is 5. The highest BCUT2D eigenvalue weighted by Gasteiger charge is 2.45. The van der Waals surface area contributed by atoms with Gasteiger partial charge in [0.2, 0.25) is 0 Å². The van der Waals surface area contributed by atoms with Crippen LogP contribution >= 0.6 is 0 Å². The highest BCUT2D eigenvalue weighted by Crippen LogP contribution is 2.17. The molecule has 0 amide bonds. The Labute approximate surface area is 155 Å². The SMILES string of the molecule is C[N+](C)(C)CCC[Si](O)(O)O[Si](O)(O)CCC[N+](C)(C)C.[Cl-].[Cl-]. The maximum atomic E-state index is 9.88. The first-order chi connectivity index (χ1) is 9.12. The Kier molecular flexibility index (Phi) is 13.2. The Hall–Kier alpha value is 0.734. The van der Waals surface area contributed by atoms with E-state index < -0.39 is 17.6 Å². The van der Waals surface area contributed by atoms with E-state index in [4.69, 9.17) is 4.12 Å². The molecule has 0 atom stereocenters. The molecule has 7 nitrogen and oxygen atoms in total. The largest absolute Gasteiger partial charge is 1.00 e. The van der Waals surface area contributed by atoms with Crippen molar-refractivity contribution in [3.05, 3.63) is 0 Å². The van der Waals surface area contributed by atoms with E-state index in [1.165, 1.54) is 0 Å². The zero-order valence-electron chi connectivity index (χ0n) is 15.1. The van der Waals surface area contributed by atoms with Gasteiger partial charge < -0.3 is 57.1 Å². The van der Waals surface area contributed by atoms with Crippen LogP contribution in [-0.4, -0.2) is 101 Å². The Morgan fingerprint density at radius 1 is 0.652 bits per heavy atom. The molecule has 0 aromatic rings. The predicted octanol–water partition coefficient (Wildman–Crippen LogP) is -6.95. The van der Waals surface area contributed by atoms with Gasteiger partial charge in [-0.25, -0.2) is 0 Å². The Bertz CT molecular complexity index is 294. The molecule has 23 heavy (non-hydrogen) atoms. The Morgan fingerprint density at radius 3 is 1.13 bits per heavy atom. The van der Waals surface area contributed by atoms with Crippen LogP contribution in [-0.2, 0) is 4.12 Å². The van der Waals surface area contributed by atoms with Crippen molar-refractivity contribution in [2.75, 3.05) is 55.4 Å². The standard InChI is InChI=1S/C12H34N2O5Si2.2ClH/c1-13(2,3)9-7-11-20(15,16)19-21(17,18)12-8-10-14(4,5)6;;/h15-18H,7-12H2,1-6H3;2*1H/q+2;;/p-2. The molecule has 0 spiro atoms. The van der Waals surface area contributed by atoms with E-state index in [0.29, 0.717) is 12.8 Å². The zero-order chi connectivity index (χ0) is 16.9. The maximum absolute atomic E-state index is 9.88. The maximum Gasteiger partial charge on any atom is 0.488 e. The molecule has 0 rings (SSSR count). The van der Waals surface area contributed by atoms with Crippen LogP contribution in [0.25, 0.3) is 0 Å². The number of rotatable bonds is 10. The van der Waals surface area contributed by atoms with E-state index in [9.17, 15) is 19.2 Å². The third-order valence-corrected chi connectivity index (χ3v) is 7.61. The van der Waals surface area contributed by atoms with E-state index in [1.807, 2.05) is 42.3 Å². The van der Waals surface area contributed by atoms with Crippen LogP contribution < -0.4 is 24.8 Å². The fourth-order valence-corrected chi connectivity index (χ4v) is 6.08. The number of quaternary nitrogens is 2. The fraction of sp³-hybridized carbons (Fsp3) is 1.00. The van der Waals surface area contributed by atoms with Gasteiger partial charge in [-0.2, -0.15) is 0 Å². The number of nitrogens with zero attached hydrogens (tertiary/aromatic N) is 2. The van der Waals surface area contributed by atoms with Crippen LogP contribution in [0.2, 0.25) is 12.1 Å². The van der Waals surface area contributed by atoms with Crippen molar-refractivity contribution in [2.45, 2.75) is 24.9 Å². The predicted molar refractivity (Wildman–Crippen MR) is 86.1 cm³/mol. The fourth-order valence-electron chi connectivity index (χ4n) is 1.93. The highest BCUT2D eigenvalue weighted by atomic mass is 35.5. The molecule has 0 unspecified atom stereocenters. The summed E-state index contributed by atoms with van der Waals surface area (Å²) in [6.45, 7) is 1.54. The summed E-state index contributed by atoms with van der Waals surface area (Å²) < 4.78 is 6.38. The summed E-state index contributed by atoms with van der Waals surface area (Å²) in [5, 5.41) is 0. The summed E-state index contributed by atoms with van der Waals surface area (Å²) in [4.78, 5) is 39.5. The minimum absolute atomic E-state index is 0. The molecule has 144 valence electrons. The van der Waals surface area contributed by atoms with Gasteiger partial charge in [0.25, 0.3) is 0 Å². The molecular weight excluding hydrogens is 379 g/mol. The van der Waals surface area contributed by atoms with E-state index in [1.54, 1.807) is 0 Å².